The number of benzene rings is 2. The van der Waals surface area contributed by atoms with E-state index in [4.69, 9.17) is 0 Å². The van der Waals surface area contributed by atoms with Crippen molar-refractivity contribution in [2.45, 2.75) is 19.4 Å². The van der Waals surface area contributed by atoms with Crippen LogP contribution in [0, 0.1) is 5.92 Å². The second-order valence-corrected chi connectivity index (χ2v) is 6.77. The summed E-state index contributed by atoms with van der Waals surface area (Å²) in [6.45, 7) is 4.06. The summed E-state index contributed by atoms with van der Waals surface area (Å²) < 4.78 is 2.02. The Morgan fingerprint density at radius 3 is 1.37 bits per heavy atom. The highest BCUT2D eigenvalue weighted by molar-refractivity contribution is 9.10. The molecule has 0 spiro atoms. The van der Waals surface area contributed by atoms with Crippen molar-refractivity contribution in [1.29, 1.82) is 0 Å². The second-order valence-electron chi connectivity index (χ2n) is 4.93. The van der Waals surface area contributed by atoms with E-state index in [2.05, 4.69) is 31.9 Å². The van der Waals surface area contributed by atoms with E-state index < -0.39 is 5.60 Å². The Balaban J connectivity index is 2.54. The van der Waals surface area contributed by atoms with Gasteiger partial charge in [0, 0.05) is 8.95 Å². The number of hydrogen-bond acceptors (Lipinski definition) is 1. The summed E-state index contributed by atoms with van der Waals surface area (Å²) in [6.07, 6.45) is 0. The number of aliphatic hydroxyl groups is 1. The lowest BCUT2D eigenvalue weighted by Gasteiger charge is -2.33. The molecule has 19 heavy (non-hydrogen) atoms. The highest BCUT2D eigenvalue weighted by atomic mass is 79.9. The van der Waals surface area contributed by atoms with E-state index in [1.807, 2.05) is 62.4 Å². The van der Waals surface area contributed by atoms with Crippen molar-refractivity contribution in [2.75, 3.05) is 0 Å². The van der Waals surface area contributed by atoms with Crippen LogP contribution in [0.15, 0.2) is 57.5 Å². The monoisotopic (exact) mass is 382 g/mol. The van der Waals surface area contributed by atoms with Gasteiger partial charge in [0.15, 0.2) is 0 Å². The molecule has 0 aromatic heterocycles. The zero-order chi connectivity index (χ0) is 14.0. The van der Waals surface area contributed by atoms with Gasteiger partial charge in [-0.1, -0.05) is 70.0 Å². The molecule has 0 saturated heterocycles. The van der Waals surface area contributed by atoms with Gasteiger partial charge in [-0.15, -0.1) is 0 Å². The molecular formula is C16H16Br2O. The van der Waals surface area contributed by atoms with Crippen molar-refractivity contribution in [3.05, 3.63) is 68.6 Å². The summed E-state index contributed by atoms with van der Waals surface area (Å²) in [5.41, 5.74) is 0.850. The summed E-state index contributed by atoms with van der Waals surface area (Å²) in [5.74, 6) is 0.0786. The van der Waals surface area contributed by atoms with Gasteiger partial charge in [0.25, 0.3) is 0 Å². The number of halogens is 2. The van der Waals surface area contributed by atoms with Crippen LogP contribution in [-0.2, 0) is 5.60 Å². The van der Waals surface area contributed by atoms with E-state index in [1.165, 1.54) is 0 Å². The Kier molecular flexibility index (Phi) is 4.49. The van der Waals surface area contributed by atoms with E-state index in [0.717, 1.165) is 20.1 Å². The molecule has 0 heterocycles. The van der Waals surface area contributed by atoms with Crippen molar-refractivity contribution >= 4 is 31.9 Å². The molecule has 0 aliphatic heterocycles. The SMILES string of the molecule is CC(C)C(O)(c1ccc(Br)cc1)c1ccc(Br)cc1. The van der Waals surface area contributed by atoms with Gasteiger partial charge in [0.2, 0.25) is 0 Å². The first-order valence-electron chi connectivity index (χ1n) is 6.19. The molecule has 3 heteroatoms. The Bertz CT molecular complexity index is 498. The summed E-state index contributed by atoms with van der Waals surface area (Å²) >= 11 is 6.85. The first-order valence-corrected chi connectivity index (χ1v) is 7.77. The average molecular weight is 384 g/mol. The van der Waals surface area contributed by atoms with E-state index in [-0.39, 0.29) is 5.92 Å². The van der Waals surface area contributed by atoms with Gasteiger partial charge in [-0.3, -0.25) is 0 Å². The number of hydrogen-bond donors (Lipinski definition) is 1. The van der Waals surface area contributed by atoms with Gasteiger partial charge in [-0.25, -0.2) is 0 Å². The average Bonchev–Trinajstić information content (AvgIpc) is 2.39. The van der Waals surface area contributed by atoms with Crippen LogP contribution < -0.4 is 0 Å². The third-order valence-corrected chi connectivity index (χ3v) is 4.46. The van der Waals surface area contributed by atoms with Gasteiger partial charge in [-0.2, -0.15) is 0 Å². The Hall–Kier alpha value is -0.640. The molecule has 1 nitrogen and oxygen atoms in total. The fourth-order valence-corrected chi connectivity index (χ4v) is 2.77. The van der Waals surface area contributed by atoms with Crippen LogP contribution in [-0.4, -0.2) is 5.11 Å². The minimum absolute atomic E-state index is 0.0786. The molecule has 1 N–H and O–H groups in total. The van der Waals surface area contributed by atoms with E-state index in [0.29, 0.717) is 0 Å². The lowest BCUT2D eigenvalue weighted by Crippen LogP contribution is -2.33. The van der Waals surface area contributed by atoms with Gasteiger partial charge in [0.1, 0.15) is 5.60 Å². The summed E-state index contributed by atoms with van der Waals surface area (Å²) in [6, 6.07) is 15.7. The molecule has 0 aliphatic rings. The zero-order valence-corrected chi connectivity index (χ0v) is 14.1. The van der Waals surface area contributed by atoms with Crippen LogP contribution >= 0.6 is 31.9 Å². The molecule has 0 amide bonds. The molecule has 0 fully saturated rings. The third kappa shape index (κ3) is 2.93. The largest absolute Gasteiger partial charge is 0.380 e. The predicted molar refractivity (Wildman–Crippen MR) is 86.1 cm³/mol. The molecule has 0 unspecified atom stereocenters. The molecule has 0 atom stereocenters. The van der Waals surface area contributed by atoms with Crippen LogP contribution in [0.2, 0.25) is 0 Å². The predicted octanol–water partition coefficient (Wildman–Crippen LogP) is 5.10. The minimum atomic E-state index is -0.971. The Morgan fingerprint density at radius 2 is 1.11 bits per heavy atom. The maximum Gasteiger partial charge on any atom is 0.117 e. The highest BCUT2D eigenvalue weighted by Gasteiger charge is 2.34. The fourth-order valence-electron chi connectivity index (χ4n) is 2.24. The first kappa shape index (κ1) is 14.8. The van der Waals surface area contributed by atoms with E-state index in [1.54, 1.807) is 0 Å². The highest BCUT2D eigenvalue weighted by Crippen LogP contribution is 2.37. The summed E-state index contributed by atoms with van der Waals surface area (Å²) in [4.78, 5) is 0. The van der Waals surface area contributed by atoms with Crippen LogP contribution in [0.5, 0.6) is 0 Å². The molecule has 0 aliphatic carbocycles. The van der Waals surface area contributed by atoms with Crippen molar-refractivity contribution in [3.63, 3.8) is 0 Å². The van der Waals surface area contributed by atoms with Gasteiger partial charge in [0.05, 0.1) is 0 Å². The van der Waals surface area contributed by atoms with E-state index >= 15 is 0 Å². The number of rotatable bonds is 3. The van der Waals surface area contributed by atoms with Crippen LogP contribution in [0.3, 0.4) is 0 Å². The lowest BCUT2D eigenvalue weighted by atomic mass is 9.78. The second kappa shape index (κ2) is 5.78. The molecule has 0 radical (unpaired) electrons. The Morgan fingerprint density at radius 1 is 0.789 bits per heavy atom. The fraction of sp³-hybridized carbons (Fsp3) is 0.250. The Labute approximate surface area is 130 Å². The zero-order valence-electron chi connectivity index (χ0n) is 10.9. The quantitative estimate of drug-likeness (QED) is 0.781. The van der Waals surface area contributed by atoms with Crippen molar-refractivity contribution in [2.24, 2.45) is 5.92 Å². The maximum absolute atomic E-state index is 11.2. The standard InChI is InChI=1S/C16H16Br2O/c1-11(2)16(19,12-3-7-14(17)8-4-12)13-5-9-15(18)10-6-13/h3-11,19H,1-2H3. The van der Waals surface area contributed by atoms with Gasteiger partial charge >= 0.3 is 0 Å². The third-order valence-electron chi connectivity index (χ3n) is 3.40. The summed E-state index contributed by atoms with van der Waals surface area (Å²) in [7, 11) is 0. The smallest absolute Gasteiger partial charge is 0.117 e. The molecule has 0 bridgehead atoms. The van der Waals surface area contributed by atoms with Crippen molar-refractivity contribution in [1.82, 2.24) is 0 Å². The van der Waals surface area contributed by atoms with Gasteiger partial charge in [-0.05, 0) is 41.3 Å². The molecule has 0 saturated carbocycles. The first-order chi connectivity index (χ1) is 8.94. The van der Waals surface area contributed by atoms with Crippen LogP contribution in [0.1, 0.15) is 25.0 Å². The lowest BCUT2D eigenvalue weighted by molar-refractivity contribution is 0.0317. The van der Waals surface area contributed by atoms with Crippen molar-refractivity contribution < 1.29 is 5.11 Å². The molecule has 2 aromatic rings. The minimum Gasteiger partial charge on any atom is -0.380 e. The molecule has 2 rings (SSSR count). The molecule has 100 valence electrons. The normalized spacial score (nSPS) is 11.9. The molecular weight excluding hydrogens is 368 g/mol. The topological polar surface area (TPSA) is 20.2 Å². The van der Waals surface area contributed by atoms with Crippen molar-refractivity contribution in [3.8, 4) is 0 Å². The van der Waals surface area contributed by atoms with E-state index in [9.17, 15) is 5.11 Å². The van der Waals surface area contributed by atoms with Crippen LogP contribution in [0.25, 0.3) is 0 Å². The van der Waals surface area contributed by atoms with Gasteiger partial charge < -0.3 is 5.11 Å². The maximum atomic E-state index is 11.2. The summed E-state index contributed by atoms with van der Waals surface area (Å²) in [5, 5.41) is 11.2. The molecule has 2 aromatic carbocycles. The van der Waals surface area contributed by atoms with Crippen LogP contribution in [0.4, 0.5) is 0 Å².